The average molecular weight is 220 g/mol. The van der Waals surface area contributed by atoms with Gasteiger partial charge in [-0.15, -0.1) is 0 Å². The molecular weight excluding hydrogens is 208 g/mol. The quantitative estimate of drug-likeness (QED) is 0.650. The summed E-state index contributed by atoms with van der Waals surface area (Å²) < 4.78 is 4.94. The van der Waals surface area contributed by atoms with Gasteiger partial charge in [0.1, 0.15) is 24.2 Å². The maximum Gasteiger partial charge on any atom is 0.243 e. The van der Waals surface area contributed by atoms with Gasteiger partial charge in [-0.3, -0.25) is 4.79 Å². The summed E-state index contributed by atoms with van der Waals surface area (Å²) in [6.07, 6.45) is 0. The number of pyridine rings is 1. The first-order valence-corrected chi connectivity index (χ1v) is 4.69. The monoisotopic (exact) mass is 220 g/mol. The lowest BCUT2D eigenvalue weighted by atomic mass is 10.3. The number of hydrogen-bond donors (Lipinski definition) is 2. The zero-order valence-electron chi connectivity index (χ0n) is 8.64. The number of nitrogens with zero attached hydrogens (tertiary/aromatic N) is 2. The molecule has 6 heteroatoms. The van der Waals surface area contributed by atoms with Crippen LogP contribution in [0.3, 0.4) is 0 Å². The van der Waals surface area contributed by atoms with Gasteiger partial charge in [-0.2, -0.15) is 5.26 Å². The number of carbonyl (C=O) groups excluding carboxylic acids is 1. The number of nitrogens with one attached hydrogen (secondary N) is 1. The van der Waals surface area contributed by atoms with Gasteiger partial charge >= 0.3 is 0 Å². The van der Waals surface area contributed by atoms with Gasteiger partial charge in [0.25, 0.3) is 0 Å². The van der Waals surface area contributed by atoms with E-state index in [0.29, 0.717) is 24.7 Å². The van der Waals surface area contributed by atoms with Gasteiger partial charge in [-0.05, 0) is 12.1 Å². The zero-order valence-corrected chi connectivity index (χ0v) is 8.64. The third kappa shape index (κ3) is 4.39. The molecule has 6 nitrogen and oxygen atoms in total. The van der Waals surface area contributed by atoms with Crippen LogP contribution in [0.25, 0.3) is 0 Å². The fourth-order valence-corrected chi connectivity index (χ4v) is 1.02. The Kier molecular flexibility index (Phi) is 4.76. The van der Waals surface area contributed by atoms with E-state index in [9.17, 15) is 4.79 Å². The number of nitriles is 1. The molecule has 1 amide bonds. The molecule has 0 unspecified atom stereocenters. The van der Waals surface area contributed by atoms with Crippen molar-refractivity contribution in [1.29, 1.82) is 5.26 Å². The normalized spacial score (nSPS) is 9.44. The van der Waals surface area contributed by atoms with Crippen LogP contribution in [0.2, 0.25) is 0 Å². The van der Waals surface area contributed by atoms with E-state index in [4.69, 9.17) is 15.7 Å². The summed E-state index contributed by atoms with van der Waals surface area (Å²) in [4.78, 5) is 14.3. The molecular formula is C10H12N4O2. The number of nitrogens with two attached hydrogens (primary N) is 1. The van der Waals surface area contributed by atoms with E-state index in [0.717, 1.165) is 0 Å². The van der Waals surface area contributed by atoms with Crippen LogP contribution in [0.15, 0.2) is 18.2 Å². The standard InChI is InChI=1S/C10H12N4O2/c11-6-8-2-1-3-10(14-8)13-4-5-16-7-9(12)15/h1-3H,4-5,7H2,(H2,12,15)(H,13,14). The smallest absolute Gasteiger partial charge is 0.243 e. The van der Waals surface area contributed by atoms with Gasteiger partial charge in [-0.1, -0.05) is 6.07 Å². The molecule has 1 aromatic heterocycles. The molecule has 3 N–H and O–H groups in total. The summed E-state index contributed by atoms with van der Waals surface area (Å²) in [5, 5.41) is 11.6. The Morgan fingerprint density at radius 3 is 3.12 bits per heavy atom. The number of hydrogen-bond acceptors (Lipinski definition) is 5. The van der Waals surface area contributed by atoms with Crippen LogP contribution in [0.5, 0.6) is 0 Å². The van der Waals surface area contributed by atoms with Crippen LogP contribution in [-0.2, 0) is 9.53 Å². The van der Waals surface area contributed by atoms with E-state index in [1.54, 1.807) is 18.2 Å². The highest BCUT2D eigenvalue weighted by Gasteiger charge is 1.96. The van der Waals surface area contributed by atoms with Gasteiger partial charge in [0.15, 0.2) is 0 Å². The number of amides is 1. The van der Waals surface area contributed by atoms with Crippen molar-refractivity contribution in [3.8, 4) is 6.07 Å². The highest BCUT2D eigenvalue weighted by atomic mass is 16.5. The van der Waals surface area contributed by atoms with Crippen LogP contribution in [0.1, 0.15) is 5.69 Å². The fraction of sp³-hybridized carbons (Fsp3) is 0.300. The van der Waals surface area contributed by atoms with E-state index < -0.39 is 5.91 Å². The Bertz CT molecular complexity index is 400. The molecule has 0 aliphatic carbocycles. The van der Waals surface area contributed by atoms with Gasteiger partial charge in [0.2, 0.25) is 5.91 Å². The van der Waals surface area contributed by atoms with Crippen molar-refractivity contribution in [2.45, 2.75) is 0 Å². The maximum absolute atomic E-state index is 10.3. The van der Waals surface area contributed by atoms with E-state index in [2.05, 4.69) is 10.3 Å². The summed E-state index contributed by atoms with van der Waals surface area (Å²) >= 11 is 0. The highest BCUT2D eigenvalue weighted by Crippen LogP contribution is 2.02. The minimum atomic E-state index is -0.496. The third-order valence-corrected chi connectivity index (χ3v) is 1.66. The minimum Gasteiger partial charge on any atom is -0.370 e. The SMILES string of the molecule is N#Cc1cccc(NCCOCC(N)=O)n1. The summed E-state index contributed by atoms with van der Waals surface area (Å²) in [5.41, 5.74) is 5.24. The maximum atomic E-state index is 10.3. The number of primary amides is 1. The van der Waals surface area contributed by atoms with Crippen LogP contribution in [0, 0.1) is 11.3 Å². The average Bonchev–Trinajstić information content (AvgIpc) is 2.28. The molecule has 1 aromatic rings. The first-order chi connectivity index (χ1) is 7.72. The molecule has 0 atom stereocenters. The molecule has 0 saturated carbocycles. The predicted molar refractivity (Wildman–Crippen MR) is 57.5 cm³/mol. The summed E-state index contributed by atoms with van der Waals surface area (Å²) in [6, 6.07) is 7.04. The molecule has 84 valence electrons. The van der Waals surface area contributed by atoms with Crippen molar-refractivity contribution >= 4 is 11.7 Å². The number of aromatic nitrogens is 1. The lowest BCUT2D eigenvalue weighted by molar-refractivity contribution is -0.122. The van der Waals surface area contributed by atoms with Crippen molar-refractivity contribution in [3.05, 3.63) is 23.9 Å². The molecule has 0 aliphatic heterocycles. The van der Waals surface area contributed by atoms with Crippen molar-refractivity contribution in [2.75, 3.05) is 25.1 Å². The lowest BCUT2D eigenvalue weighted by Gasteiger charge is -2.05. The Balaban J connectivity index is 2.27. The van der Waals surface area contributed by atoms with Crippen molar-refractivity contribution < 1.29 is 9.53 Å². The lowest BCUT2D eigenvalue weighted by Crippen LogP contribution is -2.20. The van der Waals surface area contributed by atoms with E-state index in [1.807, 2.05) is 6.07 Å². The Hall–Kier alpha value is -2.13. The molecule has 0 saturated heterocycles. The van der Waals surface area contributed by atoms with Crippen molar-refractivity contribution in [3.63, 3.8) is 0 Å². The number of anilines is 1. The largest absolute Gasteiger partial charge is 0.370 e. The molecule has 0 aromatic carbocycles. The Morgan fingerprint density at radius 1 is 1.62 bits per heavy atom. The number of rotatable bonds is 6. The summed E-state index contributed by atoms with van der Waals surface area (Å²) in [5.74, 6) is 0.103. The van der Waals surface area contributed by atoms with Crippen LogP contribution in [0.4, 0.5) is 5.82 Å². The van der Waals surface area contributed by atoms with Crippen LogP contribution >= 0.6 is 0 Å². The van der Waals surface area contributed by atoms with Gasteiger partial charge in [-0.25, -0.2) is 4.98 Å². The van der Waals surface area contributed by atoms with Crippen LogP contribution < -0.4 is 11.1 Å². The molecule has 1 heterocycles. The third-order valence-electron chi connectivity index (χ3n) is 1.66. The Labute approximate surface area is 93.0 Å². The number of ether oxygens (including phenoxy) is 1. The number of carbonyl (C=O) groups is 1. The second kappa shape index (κ2) is 6.37. The van der Waals surface area contributed by atoms with Crippen LogP contribution in [-0.4, -0.2) is 30.6 Å². The van der Waals surface area contributed by atoms with Gasteiger partial charge in [0.05, 0.1) is 6.61 Å². The molecule has 16 heavy (non-hydrogen) atoms. The zero-order chi connectivity index (χ0) is 11.8. The van der Waals surface area contributed by atoms with Crippen molar-refractivity contribution in [2.24, 2.45) is 5.73 Å². The van der Waals surface area contributed by atoms with Gasteiger partial charge in [0, 0.05) is 6.54 Å². The van der Waals surface area contributed by atoms with E-state index >= 15 is 0 Å². The van der Waals surface area contributed by atoms with E-state index in [-0.39, 0.29) is 6.61 Å². The van der Waals surface area contributed by atoms with E-state index in [1.165, 1.54) is 0 Å². The first kappa shape index (κ1) is 11.9. The Morgan fingerprint density at radius 2 is 2.44 bits per heavy atom. The fourth-order valence-electron chi connectivity index (χ4n) is 1.02. The van der Waals surface area contributed by atoms with Gasteiger partial charge < -0.3 is 15.8 Å². The minimum absolute atomic E-state index is 0.0899. The molecule has 0 bridgehead atoms. The first-order valence-electron chi connectivity index (χ1n) is 4.69. The summed E-state index contributed by atoms with van der Waals surface area (Å²) in [7, 11) is 0. The summed E-state index contributed by atoms with van der Waals surface area (Å²) in [6.45, 7) is 0.754. The molecule has 0 fully saturated rings. The topological polar surface area (TPSA) is 101 Å². The molecule has 1 rings (SSSR count). The molecule has 0 radical (unpaired) electrons. The molecule has 0 spiro atoms. The predicted octanol–water partition coefficient (Wildman–Crippen LogP) is -0.133. The molecule has 0 aliphatic rings. The second-order valence-electron chi connectivity index (χ2n) is 2.97. The van der Waals surface area contributed by atoms with Crippen molar-refractivity contribution in [1.82, 2.24) is 4.98 Å². The highest BCUT2D eigenvalue weighted by molar-refractivity contribution is 5.74. The second-order valence-corrected chi connectivity index (χ2v) is 2.97.